The smallest absolute Gasteiger partial charge is 0.195 e. The molecule has 0 aliphatic carbocycles. The van der Waals surface area contributed by atoms with Gasteiger partial charge in [-0.05, 0) is 41.8 Å². The monoisotopic (exact) mass is 435 g/mol. The number of halogens is 1. The van der Waals surface area contributed by atoms with Crippen LogP contribution in [-0.2, 0) is 6.42 Å². The summed E-state index contributed by atoms with van der Waals surface area (Å²) in [5, 5.41) is 2.19. The molecule has 136 valence electrons. The first-order valence-corrected chi connectivity index (χ1v) is 9.68. The molecular formula is C23H20BrN2S-. The van der Waals surface area contributed by atoms with Gasteiger partial charge in [0.15, 0.2) is 4.80 Å². The molecule has 0 atom stereocenters. The number of hydrogen-bond acceptors (Lipinski definition) is 2. The van der Waals surface area contributed by atoms with Crippen molar-refractivity contribution in [2.24, 2.45) is 4.99 Å². The van der Waals surface area contributed by atoms with Gasteiger partial charge in [-0.3, -0.25) is 4.57 Å². The number of para-hydroxylation sites is 2. The van der Waals surface area contributed by atoms with Crippen LogP contribution < -0.4 is 21.8 Å². The fourth-order valence-corrected chi connectivity index (χ4v) is 3.87. The average Bonchev–Trinajstić information content (AvgIpc) is 3.13. The highest BCUT2D eigenvalue weighted by atomic mass is 79.9. The van der Waals surface area contributed by atoms with Crippen LogP contribution in [0.4, 0.5) is 5.69 Å². The summed E-state index contributed by atoms with van der Waals surface area (Å²) in [6.07, 6.45) is 1.05. The molecule has 3 aromatic carbocycles. The fourth-order valence-electron chi connectivity index (χ4n) is 2.94. The first-order chi connectivity index (χ1) is 12.8. The Kier molecular flexibility index (Phi) is 6.43. The van der Waals surface area contributed by atoms with E-state index in [1.165, 1.54) is 16.8 Å². The highest BCUT2D eigenvalue weighted by Crippen LogP contribution is 2.24. The van der Waals surface area contributed by atoms with Crippen LogP contribution in [0.5, 0.6) is 0 Å². The van der Waals surface area contributed by atoms with Gasteiger partial charge in [0.2, 0.25) is 0 Å². The third-order valence-corrected chi connectivity index (χ3v) is 5.19. The number of hydrogen-bond donors (Lipinski definition) is 0. The fraction of sp³-hybridized carbons (Fsp3) is 0.0870. The Morgan fingerprint density at radius 2 is 1.44 bits per heavy atom. The second-order valence-electron chi connectivity index (χ2n) is 6.07. The van der Waals surface area contributed by atoms with E-state index in [1.807, 2.05) is 36.4 Å². The highest BCUT2D eigenvalue weighted by Gasteiger charge is 2.10. The number of aryl methyl sites for hydroxylation is 1. The lowest BCUT2D eigenvalue weighted by atomic mass is 10.1. The second kappa shape index (κ2) is 8.98. The maximum absolute atomic E-state index is 4.88. The van der Waals surface area contributed by atoms with Crippen LogP contribution in [0.25, 0.3) is 16.9 Å². The van der Waals surface area contributed by atoms with Gasteiger partial charge in [-0.1, -0.05) is 67.6 Å². The maximum Gasteiger partial charge on any atom is 0.195 e. The molecule has 0 aliphatic rings. The van der Waals surface area contributed by atoms with Crippen molar-refractivity contribution >= 4 is 17.0 Å². The van der Waals surface area contributed by atoms with Crippen molar-refractivity contribution in [3.63, 3.8) is 0 Å². The van der Waals surface area contributed by atoms with Gasteiger partial charge in [0.05, 0.1) is 11.4 Å². The number of nitrogens with zero attached hydrogens (tertiary/aromatic N) is 2. The summed E-state index contributed by atoms with van der Waals surface area (Å²) in [5.41, 5.74) is 5.81. The van der Waals surface area contributed by atoms with Gasteiger partial charge in [-0.25, -0.2) is 4.99 Å². The number of rotatable bonds is 4. The minimum atomic E-state index is 0. The Balaban J connectivity index is 0.00000210. The van der Waals surface area contributed by atoms with Crippen LogP contribution in [0, 0.1) is 0 Å². The van der Waals surface area contributed by atoms with Crippen LogP contribution in [-0.4, -0.2) is 4.57 Å². The molecule has 27 heavy (non-hydrogen) atoms. The molecule has 0 saturated heterocycles. The van der Waals surface area contributed by atoms with E-state index in [0.717, 1.165) is 22.6 Å². The summed E-state index contributed by atoms with van der Waals surface area (Å²) in [6, 6.07) is 29.3. The Morgan fingerprint density at radius 1 is 0.815 bits per heavy atom. The summed E-state index contributed by atoms with van der Waals surface area (Å²) in [4.78, 5) is 5.85. The Labute approximate surface area is 174 Å². The van der Waals surface area contributed by atoms with E-state index in [0.29, 0.717) is 0 Å². The molecule has 0 amide bonds. The molecule has 0 N–H and O–H groups in total. The van der Waals surface area contributed by atoms with Gasteiger partial charge >= 0.3 is 0 Å². The summed E-state index contributed by atoms with van der Waals surface area (Å²) in [5.74, 6) is 0. The van der Waals surface area contributed by atoms with Crippen molar-refractivity contribution in [1.82, 2.24) is 4.57 Å². The molecule has 0 unspecified atom stereocenters. The van der Waals surface area contributed by atoms with Crippen LogP contribution in [0.3, 0.4) is 0 Å². The zero-order valence-electron chi connectivity index (χ0n) is 15.0. The van der Waals surface area contributed by atoms with E-state index in [2.05, 4.69) is 65.4 Å². The minimum absolute atomic E-state index is 0. The van der Waals surface area contributed by atoms with Gasteiger partial charge in [0, 0.05) is 11.1 Å². The molecule has 0 aliphatic heterocycles. The third kappa shape index (κ3) is 4.29. The SMILES string of the molecule is CCc1ccc(-c2csc(=Nc3ccccc3)n2-c2ccccc2)cc1.[Br-]. The van der Waals surface area contributed by atoms with Crippen molar-refractivity contribution in [2.45, 2.75) is 13.3 Å². The van der Waals surface area contributed by atoms with Crippen molar-refractivity contribution < 1.29 is 17.0 Å². The minimum Gasteiger partial charge on any atom is -1.00 e. The van der Waals surface area contributed by atoms with E-state index < -0.39 is 0 Å². The van der Waals surface area contributed by atoms with Gasteiger partial charge in [0.1, 0.15) is 0 Å². The molecule has 0 fully saturated rings. The van der Waals surface area contributed by atoms with Crippen LogP contribution >= 0.6 is 11.3 Å². The van der Waals surface area contributed by atoms with Gasteiger partial charge < -0.3 is 17.0 Å². The molecule has 0 radical (unpaired) electrons. The standard InChI is InChI=1S/C23H20N2S.BrH/c1-2-18-13-15-19(16-14-18)22-17-26-23(24-20-9-5-3-6-10-20)25(22)21-11-7-4-8-12-21;/h3-17H,2H2,1H3;1H/p-1. The van der Waals surface area contributed by atoms with E-state index in [4.69, 9.17) is 4.99 Å². The summed E-state index contributed by atoms with van der Waals surface area (Å²) >= 11 is 1.67. The number of aromatic nitrogens is 1. The lowest BCUT2D eigenvalue weighted by Gasteiger charge is -2.10. The summed E-state index contributed by atoms with van der Waals surface area (Å²) < 4.78 is 2.23. The van der Waals surface area contributed by atoms with Gasteiger partial charge in [0.25, 0.3) is 0 Å². The van der Waals surface area contributed by atoms with Crippen molar-refractivity contribution in [2.75, 3.05) is 0 Å². The third-order valence-electron chi connectivity index (χ3n) is 4.36. The van der Waals surface area contributed by atoms with E-state index in [-0.39, 0.29) is 17.0 Å². The normalized spacial score (nSPS) is 11.2. The average molecular weight is 436 g/mol. The Hall–Kier alpha value is -2.43. The first-order valence-electron chi connectivity index (χ1n) is 8.80. The van der Waals surface area contributed by atoms with E-state index >= 15 is 0 Å². The molecule has 2 nitrogen and oxygen atoms in total. The molecule has 0 spiro atoms. The molecule has 0 bridgehead atoms. The van der Waals surface area contributed by atoms with Gasteiger partial charge in [-0.15, -0.1) is 11.3 Å². The molecule has 4 aromatic rings. The quantitative estimate of drug-likeness (QED) is 0.468. The van der Waals surface area contributed by atoms with E-state index in [9.17, 15) is 0 Å². The first kappa shape index (κ1) is 19.3. The molecule has 4 heteroatoms. The Bertz CT molecular complexity index is 1050. The topological polar surface area (TPSA) is 17.3 Å². The van der Waals surface area contributed by atoms with Crippen LogP contribution in [0.15, 0.2) is 95.3 Å². The van der Waals surface area contributed by atoms with Gasteiger partial charge in [-0.2, -0.15) is 0 Å². The highest BCUT2D eigenvalue weighted by molar-refractivity contribution is 7.07. The summed E-state index contributed by atoms with van der Waals surface area (Å²) in [7, 11) is 0. The lowest BCUT2D eigenvalue weighted by molar-refractivity contribution is -0.00000515. The van der Waals surface area contributed by atoms with Crippen molar-refractivity contribution in [3.8, 4) is 16.9 Å². The molecule has 1 aromatic heterocycles. The zero-order valence-corrected chi connectivity index (χ0v) is 17.5. The van der Waals surface area contributed by atoms with Crippen molar-refractivity contribution in [3.05, 3.63) is 101 Å². The van der Waals surface area contributed by atoms with E-state index in [1.54, 1.807) is 11.3 Å². The largest absolute Gasteiger partial charge is 1.00 e. The van der Waals surface area contributed by atoms with Crippen LogP contribution in [0.2, 0.25) is 0 Å². The Morgan fingerprint density at radius 3 is 2.07 bits per heavy atom. The van der Waals surface area contributed by atoms with Crippen molar-refractivity contribution in [1.29, 1.82) is 0 Å². The maximum atomic E-state index is 4.88. The predicted octanol–water partition coefficient (Wildman–Crippen LogP) is 3.00. The predicted molar refractivity (Wildman–Crippen MR) is 110 cm³/mol. The number of thiazole rings is 1. The zero-order chi connectivity index (χ0) is 17.8. The number of benzene rings is 3. The molecule has 1 heterocycles. The summed E-state index contributed by atoms with van der Waals surface area (Å²) in [6.45, 7) is 2.18. The molecule has 4 rings (SSSR count). The second-order valence-corrected chi connectivity index (χ2v) is 6.91. The molecular weight excluding hydrogens is 416 g/mol. The molecule has 0 saturated carbocycles. The lowest BCUT2D eigenvalue weighted by Crippen LogP contribution is -3.00. The van der Waals surface area contributed by atoms with Crippen LogP contribution in [0.1, 0.15) is 12.5 Å².